The number of nitrogens with zero attached hydrogens (tertiary/aromatic N) is 1. The van der Waals surface area contributed by atoms with Gasteiger partial charge in [0, 0.05) is 5.69 Å². The number of nitrogens with one attached hydrogen (secondary N) is 2. The average Bonchev–Trinajstić information content (AvgIpc) is 2.93. The van der Waals surface area contributed by atoms with E-state index in [9.17, 15) is 14.0 Å². The van der Waals surface area contributed by atoms with E-state index >= 15 is 0 Å². The van der Waals surface area contributed by atoms with Crippen LogP contribution in [0.15, 0.2) is 29.4 Å². The fourth-order valence-corrected chi connectivity index (χ4v) is 2.56. The molecule has 0 radical (unpaired) electrons. The van der Waals surface area contributed by atoms with Gasteiger partial charge in [-0.05, 0) is 45.4 Å². The molecule has 1 aromatic heterocycles. The molecule has 0 atom stereocenters. The largest absolute Gasteiger partial charge is 0.481 e. The first-order valence-corrected chi connectivity index (χ1v) is 8.42. The van der Waals surface area contributed by atoms with Gasteiger partial charge in [-0.1, -0.05) is 12.1 Å². The lowest BCUT2D eigenvalue weighted by Crippen LogP contribution is -2.26. The molecule has 0 aliphatic heterocycles. The minimum atomic E-state index is -0.547. The molecule has 2 N–H and O–H groups in total. The molecule has 0 aliphatic rings. The van der Waals surface area contributed by atoms with E-state index in [0.717, 1.165) is 0 Å². The fourth-order valence-electron chi connectivity index (χ4n) is 2.56. The Morgan fingerprint density at radius 1 is 1.26 bits per heavy atom. The number of aromatic amines is 1. The summed E-state index contributed by atoms with van der Waals surface area (Å²) in [6.07, 6.45) is 0. The highest BCUT2D eigenvalue weighted by Crippen LogP contribution is 2.19. The van der Waals surface area contributed by atoms with Crippen molar-refractivity contribution in [2.75, 3.05) is 13.2 Å². The number of H-pyrrole nitrogens is 1. The van der Waals surface area contributed by atoms with Crippen molar-refractivity contribution in [1.82, 2.24) is 10.4 Å². The minimum Gasteiger partial charge on any atom is -0.481 e. The third-order valence-corrected chi connectivity index (χ3v) is 3.82. The van der Waals surface area contributed by atoms with E-state index in [2.05, 4.69) is 15.5 Å². The van der Waals surface area contributed by atoms with Gasteiger partial charge in [-0.3, -0.25) is 4.79 Å². The Kier molecular flexibility index (Phi) is 6.70. The number of carbonyl (C=O) groups is 2. The van der Waals surface area contributed by atoms with Crippen LogP contribution < -0.4 is 10.2 Å². The summed E-state index contributed by atoms with van der Waals surface area (Å²) in [6, 6.07) is 5.81. The van der Waals surface area contributed by atoms with Crippen LogP contribution in [-0.4, -0.2) is 35.8 Å². The average molecular weight is 375 g/mol. The molecule has 27 heavy (non-hydrogen) atoms. The third kappa shape index (κ3) is 4.93. The van der Waals surface area contributed by atoms with Crippen LogP contribution >= 0.6 is 0 Å². The molecular weight excluding hydrogens is 353 g/mol. The van der Waals surface area contributed by atoms with E-state index in [-0.39, 0.29) is 19.0 Å². The van der Waals surface area contributed by atoms with Gasteiger partial charge in [0.15, 0.2) is 18.2 Å². The topological polar surface area (TPSA) is 92.8 Å². The minimum absolute atomic E-state index is 0.0109. The van der Waals surface area contributed by atoms with Gasteiger partial charge < -0.3 is 14.5 Å². The summed E-state index contributed by atoms with van der Waals surface area (Å²) in [4.78, 5) is 27.0. The van der Waals surface area contributed by atoms with Gasteiger partial charge in [-0.15, -0.1) is 0 Å². The summed E-state index contributed by atoms with van der Waals surface area (Å²) in [5.41, 5.74) is 5.24. The third-order valence-electron chi connectivity index (χ3n) is 3.82. The number of hydrogen-bond donors (Lipinski definition) is 2. The number of carbonyl (C=O) groups excluding carboxylic acids is 2. The molecule has 7 nitrogen and oxygen atoms in total. The number of aryl methyl sites for hydroxylation is 1. The van der Waals surface area contributed by atoms with Crippen molar-refractivity contribution in [2.24, 2.45) is 5.10 Å². The number of para-hydroxylation sites is 1. The summed E-state index contributed by atoms with van der Waals surface area (Å²) in [5, 5.41) is 4.01. The highest BCUT2D eigenvalue weighted by molar-refractivity contribution is 6.03. The highest BCUT2D eigenvalue weighted by atomic mass is 19.1. The molecular formula is C19H22FN3O4. The highest BCUT2D eigenvalue weighted by Gasteiger charge is 2.20. The van der Waals surface area contributed by atoms with Gasteiger partial charge in [0.1, 0.15) is 0 Å². The van der Waals surface area contributed by atoms with Gasteiger partial charge >= 0.3 is 5.97 Å². The van der Waals surface area contributed by atoms with E-state index in [1.54, 1.807) is 33.8 Å². The van der Waals surface area contributed by atoms with Crippen LogP contribution in [0.25, 0.3) is 0 Å². The molecule has 144 valence electrons. The van der Waals surface area contributed by atoms with Crippen LogP contribution in [0.5, 0.6) is 5.75 Å². The van der Waals surface area contributed by atoms with Crippen LogP contribution in [0, 0.1) is 19.7 Å². The van der Waals surface area contributed by atoms with E-state index in [4.69, 9.17) is 9.47 Å². The molecule has 8 heteroatoms. The lowest BCUT2D eigenvalue weighted by atomic mass is 10.1. The molecule has 2 rings (SSSR count). The van der Waals surface area contributed by atoms with Gasteiger partial charge in [-0.25, -0.2) is 14.6 Å². The zero-order valence-electron chi connectivity index (χ0n) is 15.7. The quantitative estimate of drug-likeness (QED) is 0.442. The van der Waals surface area contributed by atoms with Crippen LogP contribution in [0.4, 0.5) is 4.39 Å². The van der Waals surface area contributed by atoms with Crippen molar-refractivity contribution in [3.63, 3.8) is 0 Å². The molecule has 0 unspecified atom stereocenters. The normalized spacial score (nSPS) is 11.2. The maximum absolute atomic E-state index is 13.5. The van der Waals surface area contributed by atoms with Crippen LogP contribution in [0.3, 0.4) is 0 Å². The lowest BCUT2D eigenvalue weighted by Gasteiger charge is -2.06. The zero-order valence-corrected chi connectivity index (χ0v) is 15.7. The monoisotopic (exact) mass is 375 g/mol. The van der Waals surface area contributed by atoms with Gasteiger partial charge in [0.2, 0.25) is 0 Å². The van der Waals surface area contributed by atoms with Crippen molar-refractivity contribution in [1.29, 1.82) is 0 Å². The molecule has 0 aliphatic carbocycles. The maximum atomic E-state index is 13.5. The van der Waals surface area contributed by atoms with E-state index < -0.39 is 17.7 Å². The number of rotatable bonds is 7. The number of hydrogen-bond acceptors (Lipinski definition) is 5. The molecule has 1 heterocycles. The second kappa shape index (κ2) is 8.98. The Labute approximate surface area is 156 Å². The number of benzene rings is 1. The second-order valence-electron chi connectivity index (χ2n) is 5.80. The Hall–Kier alpha value is -3.16. The number of amides is 1. The number of aromatic nitrogens is 1. The summed E-state index contributed by atoms with van der Waals surface area (Å²) in [6.45, 7) is 6.86. The van der Waals surface area contributed by atoms with Crippen molar-refractivity contribution >= 4 is 17.6 Å². The van der Waals surface area contributed by atoms with Gasteiger partial charge in [0.25, 0.3) is 5.91 Å². The SMILES string of the molecule is CCOC(=O)c1c(C)[nH]c(C(C)=NNC(=O)COc2ccccc2F)c1C. The van der Waals surface area contributed by atoms with Gasteiger partial charge in [-0.2, -0.15) is 5.10 Å². The Balaban J connectivity index is 2.03. The van der Waals surface area contributed by atoms with Crippen molar-refractivity contribution in [3.8, 4) is 5.75 Å². The molecule has 2 aromatic rings. The predicted octanol–water partition coefficient (Wildman–Crippen LogP) is 2.87. The van der Waals surface area contributed by atoms with E-state index in [1.807, 2.05) is 0 Å². The molecule has 0 spiro atoms. The molecule has 1 amide bonds. The molecule has 0 saturated heterocycles. The predicted molar refractivity (Wildman–Crippen MR) is 98.5 cm³/mol. The summed E-state index contributed by atoms with van der Waals surface area (Å²) < 4.78 is 23.6. The maximum Gasteiger partial charge on any atom is 0.340 e. The number of ether oxygens (including phenoxy) is 2. The second-order valence-corrected chi connectivity index (χ2v) is 5.80. The van der Waals surface area contributed by atoms with Crippen LogP contribution in [0.2, 0.25) is 0 Å². The smallest absolute Gasteiger partial charge is 0.340 e. The first-order chi connectivity index (χ1) is 12.8. The lowest BCUT2D eigenvalue weighted by molar-refractivity contribution is -0.123. The number of esters is 1. The number of hydrazone groups is 1. The molecule has 0 saturated carbocycles. The first-order valence-electron chi connectivity index (χ1n) is 8.42. The summed E-state index contributed by atoms with van der Waals surface area (Å²) in [7, 11) is 0. The molecule has 1 aromatic carbocycles. The summed E-state index contributed by atoms with van der Waals surface area (Å²) >= 11 is 0. The standard InChI is InChI=1S/C19H22FN3O4/c1-5-26-19(25)17-11(2)18(21-12(17)3)13(4)22-23-16(24)10-27-15-9-7-6-8-14(15)20/h6-9,21H,5,10H2,1-4H3,(H,23,24). The molecule has 0 bridgehead atoms. The zero-order chi connectivity index (χ0) is 20.0. The van der Waals surface area contributed by atoms with Crippen molar-refractivity contribution in [2.45, 2.75) is 27.7 Å². The van der Waals surface area contributed by atoms with Crippen LogP contribution in [0.1, 0.15) is 41.2 Å². The van der Waals surface area contributed by atoms with Gasteiger partial charge in [0.05, 0.1) is 23.6 Å². The fraction of sp³-hybridized carbons (Fsp3) is 0.316. The van der Waals surface area contributed by atoms with Crippen molar-refractivity contribution < 1.29 is 23.5 Å². The molecule has 0 fully saturated rings. The van der Waals surface area contributed by atoms with E-state index in [1.165, 1.54) is 18.2 Å². The summed E-state index contributed by atoms with van der Waals surface area (Å²) in [5.74, 6) is -1.51. The Morgan fingerprint density at radius 3 is 2.63 bits per heavy atom. The first kappa shape index (κ1) is 20.2. The Morgan fingerprint density at radius 2 is 1.96 bits per heavy atom. The van der Waals surface area contributed by atoms with Crippen LogP contribution in [-0.2, 0) is 9.53 Å². The Bertz CT molecular complexity index is 874. The van der Waals surface area contributed by atoms with Crippen molar-refractivity contribution in [3.05, 3.63) is 52.6 Å². The van der Waals surface area contributed by atoms with E-state index in [0.29, 0.717) is 28.2 Å². The number of halogens is 1.